The fourth-order valence-corrected chi connectivity index (χ4v) is 2.33. The third-order valence-electron chi connectivity index (χ3n) is 3.71. The molecule has 23 heavy (non-hydrogen) atoms. The predicted molar refractivity (Wildman–Crippen MR) is 90.9 cm³/mol. The zero-order valence-corrected chi connectivity index (χ0v) is 13.3. The summed E-state index contributed by atoms with van der Waals surface area (Å²) in [6.45, 7) is -0.302. The van der Waals surface area contributed by atoms with Crippen molar-refractivity contribution in [1.29, 1.82) is 0 Å². The number of hydrogen-bond acceptors (Lipinski definition) is 4. The Morgan fingerprint density at radius 2 is 1.43 bits per heavy atom. The normalized spacial score (nSPS) is 13.7. The van der Waals surface area contributed by atoms with E-state index in [0.717, 1.165) is 22.6 Å². The number of aliphatic hydroxyl groups excluding tert-OH is 2. The molecule has 0 aliphatic rings. The topological polar surface area (TPSA) is 58.9 Å². The summed E-state index contributed by atoms with van der Waals surface area (Å²) in [7, 11) is 3.24. The molecule has 0 radical (unpaired) electrons. The number of methoxy groups -OCH3 is 2. The largest absolute Gasteiger partial charge is 0.497 e. The summed E-state index contributed by atoms with van der Waals surface area (Å²) in [5, 5.41) is 19.4. The van der Waals surface area contributed by atoms with Crippen molar-refractivity contribution in [2.24, 2.45) is 0 Å². The lowest BCUT2D eigenvalue weighted by Gasteiger charge is -2.18. The molecule has 0 saturated carbocycles. The van der Waals surface area contributed by atoms with E-state index >= 15 is 0 Å². The van der Waals surface area contributed by atoms with E-state index in [9.17, 15) is 10.2 Å². The molecule has 0 amide bonds. The molecule has 2 unspecified atom stereocenters. The maximum absolute atomic E-state index is 10.1. The van der Waals surface area contributed by atoms with E-state index in [1.165, 1.54) is 0 Å². The maximum atomic E-state index is 10.1. The van der Waals surface area contributed by atoms with Gasteiger partial charge in [-0.1, -0.05) is 36.4 Å². The van der Waals surface area contributed by atoms with Crippen LogP contribution in [0.15, 0.2) is 54.6 Å². The van der Waals surface area contributed by atoms with Gasteiger partial charge < -0.3 is 19.7 Å². The molecule has 122 valence electrons. The molecule has 0 heterocycles. The van der Waals surface area contributed by atoms with Gasteiger partial charge in [0.15, 0.2) is 0 Å². The highest BCUT2D eigenvalue weighted by Gasteiger charge is 2.17. The minimum atomic E-state index is -0.863. The smallest absolute Gasteiger partial charge is 0.118 e. The first-order valence-electron chi connectivity index (χ1n) is 7.43. The highest BCUT2D eigenvalue weighted by Crippen LogP contribution is 2.25. The van der Waals surface area contributed by atoms with E-state index in [-0.39, 0.29) is 12.5 Å². The molecule has 2 rings (SSSR count). The van der Waals surface area contributed by atoms with Gasteiger partial charge in [-0.05, 0) is 35.4 Å². The fraction of sp³-hybridized carbons (Fsp3) is 0.263. The Bertz CT molecular complexity index is 617. The SMILES string of the molecule is COc1ccc(C=CC(c2ccc(OC)cc2)C(O)CO)cc1. The van der Waals surface area contributed by atoms with Crippen LogP contribution >= 0.6 is 0 Å². The summed E-state index contributed by atoms with van der Waals surface area (Å²) in [6.07, 6.45) is 2.95. The van der Waals surface area contributed by atoms with Gasteiger partial charge in [0.1, 0.15) is 11.5 Å². The van der Waals surface area contributed by atoms with Gasteiger partial charge in [0, 0.05) is 5.92 Å². The average molecular weight is 314 g/mol. The zero-order valence-electron chi connectivity index (χ0n) is 13.3. The molecule has 0 aromatic heterocycles. The quantitative estimate of drug-likeness (QED) is 0.825. The Balaban J connectivity index is 2.21. The molecule has 0 spiro atoms. The Hall–Kier alpha value is -2.30. The van der Waals surface area contributed by atoms with Crippen LogP contribution in [0.4, 0.5) is 0 Å². The predicted octanol–water partition coefficient (Wildman–Crippen LogP) is 2.85. The lowest BCUT2D eigenvalue weighted by molar-refractivity contribution is 0.0842. The van der Waals surface area contributed by atoms with Crippen LogP contribution in [-0.4, -0.2) is 37.1 Å². The highest BCUT2D eigenvalue weighted by atomic mass is 16.5. The van der Waals surface area contributed by atoms with E-state index in [1.54, 1.807) is 14.2 Å². The van der Waals surface area contributed by atoms with E-state index in [1.807, 2.05) is 60.7 Å². The van der Waals surface area contributed by atoms with Crippen molar-refractivity contribution >= 4 is 6.08 Å². The lowest BCUT2D eigenvalue weighted by Crippen LogP contribution is -2.20. The van der Waals surface area contributed by atoms with E-state index in [4.69, 9.17) is 9.47 Å². The Labute approximate surface area is 136 Å². The maximum Gasteiger partial charge on any atom is 0.118 e. The molecule has 0 aliphatic heterocycles. The van der Waals surface area contributed by atoms with Crippen molar-refractivity contribution in [1.82, 2.24) is 0 Å². The van der Waals surface area contributed by atoms with Crippen molar-refractivity contribution in [3.05, 3.63) is 65.7 Å². The minimum absolute atomic E-state index is 0.298. The first-order chi connectivity index (χ1) is 11.2. The van der Waals surface area contributed by atoms with Crippen LogP contribution in [0, 0.1) is 0 Å². The molecule has 2 aromatic rings. The third kappa shape index (κ3) is 4.58. The summed E-state index contributed by atoms with van der Waals surface area (Å²) in [5.74, 6) is 1.25. The second-order valence-corrected chi connectivity index (χ2v) is 5.18. The fourth-order valence-electron chi connectivity index (χ4n) is 2.33. The zero-order chi connectivity index (χ0) is 16.7. The molecule has 0 saturated heterocycles. The number of rotatable bonds is 7. The minimum Gasteiger partial charge on any atom is -0.497 e. The van der Waals surface area contributed by atoms with Crippen molar-refractivity contribution in [3.63, 3.8) is 0 Å². The van der Waals surface area contributed by atoms with Crippen LogP contribution < -0.4 is 9.47 Å². The van der Waals surface area contributed by atoms with Gasteiger partial charge in [-0.3, -0.25) is 0 Å². The first-order valence-corrected chi connectivity index (χ1v) is 7.43. The van der Waals surface area contributed by atoms with Gasteiger partial charge in [0.25, 0.3) is 0 Å². The van der Waals surface area contributed by atoms with Crippen molar-refractivity contribution in [2.45, 2.75) is 12.0 Å². The third-order valence-corrected chi connectivity index (χ3v) is 3.71. The summed E-state index contributed by atoms with van der Waals surface area (Å²) in [5.41, 5.74) is 1.91. The molecular weight excluding hydrogens is 292 g/mol. The molecular formula is C19H22O4. The van der Waals surface area contributed by atoms with E-state index < -0.39 is 6.10 Å². The average Bonchev–Trinajstić information content (AvgIpc) is 2.62. The van der Waals surface area contributed by atoms with E-state index in [0.29, 0.717) is 0 Å². The van der Waals surface area contributed by atoms with E-state index in [2.05, 4.69) is 0 Å². The molecule has 0 bridgehead atoms. The standard InChI is InChI=1S/C19H22O4/c1-22-16-8-3-14(4-9-16)5-12-18(19(21)13-20)15-6-10-17(23-2)11-7-15/h3-12,18-21H,13H2,1-2H3. The van der Waals surface area contributed by atoms with Gasteiger partial charge in [-0.15, -0.1) is 0 Å². The second-order valence-electron chi connectivity index (χ2n) is 5.18. The monoisotopic (exact) mass is 314 g/mol. The van der Waals surface area contributed by atoms with Crippen LogP contribution in [0.2, 0.25) is 0 Å². The molecule has 2 atom stereocenters. The molecule has 2 aromatic carbocycles. The van der Waals surface area contributed by atoms with Gasteiger partial charge >= 0.3 is 0 Å². The summed E-state index contributed by atoms with van der Waals surface area (Å²) in [4.78, 5) is 0. The number of aliphatic hydroxyl groups is 2. The van der Waals surface area contributed by atoms with Crippen molar-refractivity contribution < 1.29 is 19.7 Å². The van der Waals surface area contributed by atoms with Gasteiger partial charge in [-0.25, -0.2) is 0 Å². The Morgan fingerprint density at radius 1 is 0.913 bits per heavy atom. The number of hydrogen-bond donors (Lipinski definition) is 2. The summed E-state index contributed by atoms with van der Waals surface area (Å²) >= 11 is 0. The molecule has 0 fully saturated rings. The second kappa shape index (κ2) is 8.36. The number of benzene rings is 2. The molecule has 2 N–H and O–H groups in total. The summed E-state index contributed by atoms with van der Waals surface area (Å²) < 4.78 is 10.3. The van der Waals surface area contributed by atoms with Gasteiger partial charge in [0.05, 0.1) is 26.9 Å². The van der Waals surface area contributed by atoms with Gasteiger partial charge in [-0.2, -0.15) is 0 Å². The van der Waals surface area contributed by atoms with Crippen molar-refractivity contribution in [2.75, 3.05) is 20.8 Å². The molecule has 4 heteroatoms. The molecule has 4 nitrogen and oxygen atoms in total. The first kappa shape index (κ1) is 17.1. The Kier molecular flexibility index (Phi) is 6.20. The molecule has 0 aliphatic carbocycles. The highest BCUT2D eigenvalue weighted by molar-refractivity contribution is 5.52. The lowest BCUT2D eigenvalue weighted by atomic mass is 9.92. The number of ether oxygens (including phenoxy) is 2. The van der Waals surface area contributed by atoms with Crippen LogP contribution in [-0.2, 0) is 0 Å². The Morgan fingerprint density at radius 3 is 1.91 bits per heavy atom. The van der Waals surface area contributed by atoms with Crippen molar-refractivity contribution in [3.8, 4) is 11.5 Å². The van der Waals surface area contributed by atoms with Crippen LogP contribution in [0.5, 0.6) is 11.5 Å². The van der Waals surface area contributed by atoms with Gasteiger partial charge in [0.2, 0.25) is 0 Å². The summed E-state index contributed by atoms with van der Waals surface area (Å²) in [6, 6.07) is 15.1. The van der Waals surface area contributed by atoms with Crippen LogP contribution in [0.1, 0.15) is 17.0 Å². The van der Waals surface area contributed by atoms with Crippen LogP contribution in [0.25, 0.3) is 6.08 Å². The van der Waals surface area contributed by atoms with Crippen LogP contribution in [0.3, 0.4) is 0 Å².